The Balaban J connectivity index is 1.46. The van der Waals surface area contributed by atoms with E-state index in [1.165, 1.54) is 4.52 Å². The molecule has 0 aliphatic carbocycles. The van der Waals surface area contributed by atoms with Crippen LogP contribution in [-0.4, -0.2) is 64.5 Å². The third-order valence-corrected chi connectivity index (χ3v) is 7.91. The lowest BCUT2D eigenvalue weighted by molar-refractivity contribution is -0.137. The molecule has 0 bridgehead atoms. The maximum absolute atomic E-state index is 13.9. The molecule has 5 heterocycles. The van der Waals surface area contributed by atoms with Gasteiger partial charge in [-0.05, 0) is 36.6 Å². The monoisotopic (exact) mass is 577 g/mol. The van der Waals surface area contributed by atoms with Gasteiger partial charge in [-0.25, -0.2) is 0 Å². The van der Waals surface area contributed by atoms with Crippen LogP contribution in [0.15, 0.2) is 29.1 Å². The number of carbonyl (C=O) groups is 1. The van der Waals surface area contributed by atoms with Crippen LogP contribution in [0.2, 0.25) is 5.02 Å². The molecule has 0 saturated carbocycles. The number of hydrogen-bond acceptors (Lipinski definition) is 7. The van der Waals surface area contributed by atoms with Crippen LogP contribution >= 0.6 is 11.6 Å². The van der Waals surface area contributed by atoms with Gasteiger partial charge in [0.05, 0.1) is 35.2 Å². The van der Waals surface area contributed by atoms with E-state index in [2.05, 4.69) is 15.7 Å². The van der Waals surface area contributed by atoms with Gasteiger partial charge in [0.15, 0.2) is 5.82 Å². The number of rotatable bonds is 4. The van der Waals surface area contributed by atoms with Gasteiger partial charge in [0.1, 0.15) is 11.7 Å². The highest BCUT2D eigenvalue weighted by Crippen LogP contribution is 2.42. The van der Waals surface area contributed by atoms with Crippen molar-refractivity contribution >= 4 is 40.2 Å². The van der Waals surface area contributed by atoms with Crippen LogP contribution in [0.1, 0.15) is 48.8 Å². The van der Waals surface area contributed by atoms with Gasteiger partial charge in [0.2, 0.25) is 11.7 Å². The molecule has 0 radical (unpaired) electrons. The summed E-state index contributed by atoms with van der Waals surface area (Å²) in [6, 6.07) is 2.00. The fraction of sp³-hybridized carbons (Fsp3) is 0.462. The van der Waals surface area contributed by atoms with Gasteiger partial charge in [-0.1, -0.05) is 24.6 Å². The van der Waals surface area contributed by atoms with E-state index in [1.807, 2.05) is 17.9 Å². The van der Waals surface area contributed by atoms with Crippen molar-refractivity contribution in [3.05, 3.63) is 56.7 Å². The zero-order chi connectivity index (χ0) is 28.2. The van der Waals surface area contributed by atoms with Gasteiger partial charge < -0.3 is 20.3 Å². The lowest BCUT2D eigenvalue weighted by Gasteiger charge is -2.31. The van der Waals surface area contributed by atoms with Crippen molar-refractivity contribution in [3.8, 4) is 0 Å². The molecule has 3 aromatic rings. The SMILES string of the molecule is C[C@H]1C[C@@H](C(=O)Nc2ccc(C(F)(F)F)cc2Cl)n2c1c(N1CCNCC1)c(=O)n1nc(C3=CCOCC3)nc21. The Hall–Kier alpha value is -3.42. The minimum absolute atomic E-state index is 0.0645. The number of ether oxygens (including phenoxy) is 1. The summed E-state index contributed by atoms with van der Waals surface area (Å²) >= 11 is 6.13. The van der Waals surface area contributed by atoms with E-state index in [0.29, 0.717) is 69.4 Å². The predicted octanol–water partition coefficient (Wildman–Crippen LogP) is 3.46. The van der Waals surface area contributed by atoms with Crippen molar-refractivity contribution < 1.29 is 22.7 Å². The minimum atomic E-state index is -4.56. The van der Waals surface area contributed by atoms with Gasteiger partial charge in [-0.15, -0.1) is 5.10 Å². The number of fused-ring (bicyclic) bond motifs is 3. The molecule has 3 aliphatic rings. The molecule has 14 heteroatoms. The number of benzene rings is 1. The zero-order valence-electron chi connectivity index (χ0n) is 21.6. The van der Waals surface area contributed by atoms with Crippen LogP contribution in [0, 0.1) is 0 Å². The van der Waals surface area contributed by atoms with Gasteiger partial charge in [0.25, 0.3) is 5.56 Å². The summed E-state index contributed by atoms with van der Waals surface area (Å²) in [6.45, 7) is 5.52. The zero-order valence-corrected chi connectivity index (χ0v) is 22.3. The molecule has 1 amide bonds. The summed E-state index contributed by atoms with van der Waals surface area (Å²) in [7, 11) is 0. The van der Waals surface area contributed by atoms with E-state index in [4.69, 9.17) is 21.3 Å². The number of halogens is 4. The van der Waals surface area contributed by atoms with E-state index in [0.717, 1.165) is 23.8 Å². The van der Waals surface area contributed by atoms with Gasteiger partial charge >= 0.3 is 6.18 Å². The predicted molar refractivity (Wildman–Crippen MR) is 143 cm³/mol. The smallest absolute Gasteiger partial charge is 0.377 e. The molecule has 1 saturated heterocycles. The number of nitrogens with zero attached hydrogens (tertiary/aromatic N) is 5. The van der Waals surface area contributed by atoms with Crippen molar-refractivity contribution in [2.45, 2.75) is 37.9 Å². The van der Waals surface area contributed by atoms with Crippen molar-refractivity contribution in [2.75, 3.05) is 49.6 Å². The Labute approximate surface area is 231 Å². The first-order chi connectivity index (χ1) is 19.1. The maximum Gasteiger partial charge on any atom is 0.416 e. The molecule has 2 aromatic heterocycles. The molecule has 1 aromatic carbocycles. The molecule has 1 fully saturated rings. The van der Waals surface area contributed by atoms with E-state index >= 15 is 0 Å². The van der Waals surface area contributed by atoms with Crippen LogP contribution in [0.5, 0.6) is 0 Å². The first kappa shape index (κ1) is 26.8. The Morgan fingerprint density at radius 3 is 2.70 bits per heavy atom. The molecule has 212 valence electrons. The number of piperazine rings is 1. The summed E-state index contributed by atoms with van der Waals surface area (Å²) in [5.74, 6) is -0.0101. The van der Waals surface area contributed by atoms with Crippen molar-refractivity contribution in [1.29, 1.82) is 0 Å². The maximum atomic E-state index is 13.9. The number of hydrogen-bond donors (Lipinski definition) is 2. The third-order valence-electron chi connectivity index (χ3n) is 7.60. The first-order valence-corrected chi connectivity index (χ1v) is 13.5. The van der Waals surface area contributed by atoms with Crippen LogP contribution in [0.4, 0.5) is 24.5 Å². The molecular weight excluding hydrogens is 551 g/mol. The Bertz CT molecular complexity index is 1580. The normalized spacial score (nSPS) is 21.4. The number of alkyl halides is 3. The lowest BCUT2D eigenvalue weighted by atomic mass is 10.0. The molecule has 2 atom stereocenters. The second kappa shape index (κ2) is 10.2. The number of amides is 1. The molecular formula is C26H27ClF3N7O3. The second-order valence-electron chi connectivity index (χ2n) is 10.2. The van der Waals surface area contributed by atoms with E-state index < -0.39 is 23.7 Å². The van der Waals surface area contributed by atoms with Gasteiger partial charge in [-0.3, -0.25) is 14.2 Å². The van der Waals surface area contributed by atoms with Crippen LogP contribution in [0.25, 0.3) is 11.4 Å². The van der Waals surface area contributed by atoms with Gasteiger partial charge in [-0.2, -0.15) is 22.7 Å². The largest absolute Gasteiger partial charge is 0.416 e. The molecule has 2 N–H and O–H groups in total. The van der Waals surface area contributed by atoms with Crippen molar-refractivity contribution in [2.24, 2.45) is 0 Å². The first-order valence-electron chi connectivity index (χ1n) is 13.1. The van der Waals surface area contributed by atoms with E-state index in [9.17, 15) is 22.8 Å². The number of aromatic nitrogens is 4. The lowest BCUT2D eigenvalue weighted by Crippen LogP contribution is -2.46. The van der Waals surface area contributed by atoms with E-state index in [1.54, 1.807) is 4.57 Å². The summed E-state index contributed by atoms with van der Waals surface area (Å²) in [4.78, 5) is 34.3. The highest BCUT2D eigenvalue weighted by atomic mass is 35.5. The fourth-order valence-electron chi connectivity index (χ4n) is 5.64. The summed E-state index contributed by atoms with van der Waals surface area (Å²) in [5.41, 5.74) is 0.896. The number of carbonyl (C=O) groups excluding carboxylic acids is 1. The molecule has 10 nitrogen and oxygen atoms in total. The Morgan fingerprint density at radius 1 is 1.25 bits per heavy atom. The van der Waals surface area contributed by atoms with Crippen LogP contribution in [-0.2, 0) is 15.7 Å². The average molecular weight is 578 g/mol. The highest BCUT2D eigenvalue weighted by molar-refractivity contribution is 6.33. The van der Waals surface area contributed by atoms with Crippen molar-refractivity contribution in [3.63, 3.8) is 0 Å². The summed E-state index contributed by atoms with van der Waals surface area (Å²) in [5, 5.41) is 10.3. The second-order valence-corrected chi connectivity index (χ2v) is 10.6. The van der Waals surface area contributed by atoms with Gasteiger partial charge in [0, 0.05) is 32.1 Å². The average Bonchev–Trinajstić information content (AvgIpc) is 3.53. The van der Waals surface area contributed by atoms with Crippen molar-refractivity contribution in [1.82, 2.24) is 24.5 Å². The molecule has 6 rings (SSSR count). The quantitative estimate of drug-likeness (QED) is 0.489. The standard InChI is InChI=1S/C26H27ClF3N7O3/c1-14-12-19(23(38)32-18-3-2-16(13-17(18)27)26(28,29)30)36-20(14)21(35-8-6-31-7-9-35)24(39)37-25(36)33-22(34-37)15-4-10-40-11-5-15/h2-4,13-14,19,31H,5-12H2,1H3,(H,32,38)/t14-,19-/m0/s1. The fourth-order valence-corrected chi connectivity index (χ4v) is 5.87. The molecule has 0 spiro atoms. The molecule has 0 unspecified atom stereocenters. The minimum Gasteiger partial charge on any atom is -0.377 e. The van der Waals surface area contributed by atoms with Crippen LogP contribution in [0.3, 0.4) is 0 Å². The topological polar surface area (TPSA) is 106 Å². The third kappa shape index (κ3) is 4.65. The Kier molecular flexibility index (Phi) is 6.83. The molecule has 40 heavy (non-hydrogen) atoms. The summed E-state index contributed by atoms with van der Waals surface area (Å²) < 4.78 is 47.8. The number of anilines is 2. The number of nitrogens with one attached hydrogen (secondary N) is 2. The van der Waals surface area contributed by atoms with E-state index in [-0.39, 0.29) is 28.0 Å². The highest BCUT2D eigenvalue weighted by Gasteiger charge is 2.40. The summed E-state index contributed by atoms with van der Waals surface area (Å²) in [6.07, 6.45) is -1.73. The molecule has 3 aliphatic heterocycles. The van der Waals surface area contributed by atoms with Crippen LogP contribution < -0.4 is 21.1 Å². The Morgan fingerprint density at radius 2 is 2.02 bits per heavy atom.